The van der Waals surface area contributed by atoms with Gasteiger partial charge in [-0.2, -0.15) is 0 Å². The molecule has 0 amide bonds. The second kappa shape index (κ2) is 7.75. The number of fused-ring (bicyclic) bond motifs is 1. The largest absolute Gasteiger partial charge is 0.363 e. The van der Waals surface area contributed by atoms with Crippen LogP contribution in [0.25, 0.3) is 22.0 Å². The van der Waals surface area contributed by atoms with Gasteiger partial charge in [-0.3, -0.25) is 4.79 Å². The molecule has 5 nitrogen and oxygen atoms in total. The smallest absolute Gasteiger partial charge is 0.250 e. The van der Waals surface area contributed by atoms with E-state index in [9.17, 15) is 4.79 Å². The predicted octanol–water partition coefficient (Wildman–Crippen LogP) is 5.09. The Hall–Kier alpha value is -3.47. The first-order valence-corrected chi connectivity index (χ1v) is 10.1. The molecule has 2 heterocycles. The van der Waals surface area contributed by atoms with Crippen molar-refractivity contribution in [3.05, 3.63) is 87.6 Å². The summed E-state index contributed by atoms with van der Waals surface area (Å²) in [5.74, 6) is 1.55. The lowest BCUT2D eigenvalue weighted by molar-refractivity contribution is 0.862. The van der Waals surface area contributed by atoms with Crippen molar-refractivity contribution in [3.8, 4) is 11.1 Å². The molecule has 0 saturated carbocycles. The topological polar surface area (TPSA) is 59.8 Å². The maximum absolute atomic E-state index is 11.8. The first-order chi connectivity index (χ1) is 14.3. The fourth-order valence-corrected chi connectivity index (χ4v) is 3.80. The Kier molecular flexibility index (Phi) is 5.12. The Morgan fingerprint density at radius 3 is 2.53 bits per heavy atom. The number of anilines is 1. The number of pyridine rings is 1. The first-order valence-electron chi connectivity index (χ1n) is 10.1. The van der Waals surface area contributed by atoms with Crippen molar-refractivity contribution in [1.29, 1.82) is 0 Å². The van der Waals surface area contributed by atoms with E-state index >= 15 is 0 Å². The van der Waals surface area contributed by atoms with Gasteiger partial charge in [0.2, 0.25) is 5.56 Å². The minimum atomic E-state index is -0.0227. The fourth-order valence-electron chi connectivity index (χ4n) is 3.80. The molecule has 0 aliphatic heterocycles. The molecule has 152 valence electrons. The van der Waals surface area contributed by atoms with Gasteiger partial charge in [0.25, 0.3) is 0 Å². The second-order valence-corrected chi connectivity index (χ2v) is 7.95. The number of benzene rings is 2. The summed E-state index contributed by atoms with van der Waals surface area (Å²) < 4.78 is 1.60. The van der Waals surface area contributed by atoms with Gasteiger partial charge < -0.3 is 9.88 Å². The van der Waals surface area contributed by atoms with Crippen molar-refractivity contribution < 1.29 is 0 Å². The van der Waals surface area contributed by atoms with Gasteiger partial charge in [-0.1, -0.05) is 29.8 Å². The molecule has 2 aromatic heterocycles. The summed E-state index contributed by atoms with van der Waals surface area (Å²) in [6.45, 7) is 8.22. The summed E-state index contributed by atoms with van der Waals surface area (Å²) >= 11 is 0. The zero-order valence-corrected chi connectivity index (χ0v) is 18.0. The third kappa shape index (κ3) is 3.83. The molecule has 0 aliphatic rings. The van der Waals surface area contributed by atoms with E-state index in [1.807, 2.05) is 19.2 Å². The predicted molar refractivity (Wildman–Crippen MR) is 123 cm³/mol. The Morgan fingerprint density at radius 2 is 1.80 bits per heavy atom. The third-order valence-electron chi connectivity index (χ3n) is 5.45. The molecule has 0 fully saturated rings. The average molecular weight is 399 g/mol. The molecular weight excluding hydrogens is 372 g/mol. The lowest BCUT2D eigenvalue weighted by Gasteiger charge is -2.18. The van der Waals surface area contributed by atoms with Crippen LogP contribution in [-0.2, 0) is 7.05 Å². The number of rotatable bonds is 4. The van der Waals surface area contributed by atoms with Crippen molar-refractivity contribution in [2.45, 2.75) is 33.7 Å². The van der Waals surface area contributed by atoms with Crippen LogP contribution >= 0.6 is 0 Å². The summed E-state index contributed by atoms with van der Waals surface area (Å²) in [6, 6.07) is 16.3. The number of aromatic nitrogens is 3. The monoisotopic (exact) mass is 398 g/mol. The minimum absolute atomic E-state index is 0.0227. The van der Waals surface area contributed by atoms with Gasteiger partial charge in [-0.25, -0.2) is 9.97 Å². The summed E-state index contributed by atoms with van der Waals surface area (Å²) in [5.41, 5.74) is 6.50. The van der Waals surface area contributed by atoms with Gasteiger partial charge in [-0.15, -0.1) is 0 Å². The molecule has 0 radical (unpaired) electrons. The van der Waals surface area contributed by atoms with Crippen LogP contribution in [0.2, 0.25) is 0 Å². The number of nitrogens with one attached hydrogen (secondary N) is 1. The molecule has 0 bridgehead atoms. The van der Waals surface area contributed by atoms with Gasteiger partial charge in [0, 0.05) is 30.7 Å². The van der Waals surface area contributed by atoms with Crippen LogP contribution in [0.15, 0.2) is 59.5 Å². The molecule has 4 rings (SSSR count). The lowest BCUT2D eigenvalue weighted by Crippen LogP contribution is -2.14. The Morgan fingerprint density at radius 1 is 1.00 bits per heavy atom. The summed E-state index contributed by atoms with van der Waals surface area (Å²) in [4.78, 5) is 21.2. The van der Waals surface area contributed by atoms with E-state index in [0.29, 0.717) is 0 Å². The Balaban J connectivity index is 1.83. The van der Waals surface area contributed by atoms with E-state index in [1.165, 1.54) is 11.1 Å². The van der Waals surface area contributed by atoms with Crippen LogP contribution in [0, 0.1) is 20.8 Å². The molecule has 1 N–H and O–H groups in total. The van der Waals surface area contributed by atoms with Gasteiger partial charge in [-0.05, 0) is 68.1 Å². The van der Waals surface area contributed by atoms with Crippen LogP contribution < -0.4 is 10.9 Å². The number of nitrogens with zero attached hydrogens (tertiary/aromatic N) is 3. The van der Waals surface area contributed by atoms with Crippen molar-refractivity contribution in [3.63, 3.8) is 0 Å². The van der Waals surface area contributed by atoms with E-state index in [-0.39, 0.29) is 11.6 Å². The molecule has 5 heteroatoms. The number of aryl methyl sites for hydroxylation is 4. The molecule has 4 aromatic rings. The molecule has 0 unspecified atom stereocenters. The van der Waals surface area contributed by atoms with E-state index < -0.39 is 0 Å². The van der Waals surface area contributed by atoms with E-state index in [4.69, 9.17) is 4.98 Å². The molecule has 1 atom stereocenters. The van der Waals surface area contributed by atoms with Gasteiger partial charge in [0.05, 0.1) is 5.52 Å². The van der Waals surface area contributed by atoms with Crippen molar-refractivity contribution >= 4 is 16.7 Å². The summed E-state index contributed by atoms with van der Waals surface area (Å²) in [6.07, 6.45) is 1.87. The maximum atomic E-state index is 11.8. The zero-order valence-electron chi connectivity index (χ0n) is 18.0. The first kappa shape index (κ1) is 19.8. The summed E-state index contributed by atoms with van der Waals surface area (Å²) in [5, 5.41) is 4.55. The van der Waals surface area contributed by atoms with Crippen molar-refractivity contribution in [2.75, 3.05) is 5.32 Å². The highest BCUT2D eigenvalue weighted by Crippen LogP contribution is 2.32. The van der Waals surface area contributed by atoms with Crippen LogP contribution in [0.4, 0.5) is 5.82 Å². The summed E-state index contributed by atoms with van der Waals surface area (Å²) in [7, 11) is 1.77. The van der Waals surface area contributed by atoms with Gasteiger partial charge in [0.15, 0.2) is 0 Å². The fraction of sp³-hybridized carbons (Fsp3) is 0.240. The highest BCUT2D eigenvalue weighted by Gasteiger charge is 2.14. The molecule has 2 aromatic carbocycles. The Labute approximate surface area is 176 Å². The van der Waals surface area contributed by atoms with Crippen LogP contribution in [0.5, 0.6) is 0 Å². The highest BCUT2D eigenvalue weighted by atomic mass is 16.1. The molecule has 30 heavy (non-hydrogen) atoms. The van der Waals surface area contributed by atoms with Crippen LogP contribution in [-0.4, -0.2) is 14.5 Å². The van der Waals surface area contributed by atoms with E-state index in [1.54, 1.807) is 17.7 Å². The molecule has 0 aliphatic carbocycles. The molecule has 0 saturated heterocycles. The molecule has 0 spiro atoms. The van der Waals surface area contributed by atoms with Crippen molar-refractivity contribution in [1.82, 2.24) is 14.5 Å². The third-order valence-corrected chi connectivity index (χ3v) is 5.45. The van der Waals surface area contributed by atoms with Crippen LogP contribution in [0.3, 0.4) is 0 Å². The van der Waals surface area contributed by atoms with E-state index in [2.05, 4.69) is 67.5 Å². The quantitative estimate of drug-likeness (QED) is 0.520. The highest BCUT2D eigenvalue weighted by molar-refractivity contribution is 5.94. The second-order valence-electron chi connectivity index (χ2n) is 7.95. The standard InChI is InChI=1S/C25H26N4O/c1-15-7-6-8-19(11-15)17(3)26-25-22-13-21(20-9-10-24(30)29(5)14-20)16(2)12-23(22)27-18(4)28-25/h6-14,17H,1-5H3,(H,26,27,28)/t17-/m1/s1. The lowest BCUT2D eigenvalue weighted by atomic mass is 9.99. The van der Waals surface area contributed by atoms with Crippen molar-refractivity contribution in [2.24, 2.45) is 7.05 Å². The zero-order chi connectivity index (χ0) is 21.4. The van der Waals surface area contributed by atoms with Crippen LogP contribution in [0.1, 0.15) is 35.5 Å². The van der Waals surface area contributed by atoms with E-state index in [0.717, 1.165) is 39.2 Å². The Bertz CT molecular complexity index is 1310. The average Bonchev–Trinajstić information content (AvgIpc) is 2.69. The van der Waals surface area contributed by atoms with Gasteiger partial charge in [0.1, 0.15) is 11.6 Å². The van der Waals surface area contributed by atoms with Gasteiger partial charge >= 0.3 is 0 Å². The maximum Gasteiger partial charge on any atom is 0.250 e. The number of hydrogen-bond acceptors (Lipinski definition) is 4. The minimum Gasteiger partial charge on any atom is -0.363 e. The molecular formula is C25H26N4O. The SMILES string of the molecule is Cc1cccc([C@@H](C)Nc2nc(C)nc3cc(C)c(-c4ccc(=O)n(C)c4)cc23)c1. The normalized spacial score (nSPS) is 12.2. The number of hydrogen-bond donors (Lipinski definition) is 1.